The summed E-state index contributed by atoms with van der Waals surface area (Å²) in [5, 5.41) is 0. The van der Waals surface area contributed by atoms with Gasteiger partial charge in [0.1, 0.15) is 5.75 Å². The van der Waals surface area contributed by atoms with Gasteiger partial charge in [-0.05, 0) is 59.3 Å². The first-order chi connectivity index (χ1) is 9.04. The fourth-order valence-corrected chi connectivity index (χ4v) is 2.39. The summed E-state index contributed by atoms with van der Waals surface area (Å²) in [6.07, 6.45) is 0. The van der Waals surface area contributed by atoms with E-state index in [0.717, 1.165) is 9.13 Å². The van der Waals surface area contributed by atoms with Crippen molar-refractivity contribution >= 4 is 34.1 Å². The predicted octanol–water partition coefficient (Wildman–Crippen LogP) is 3.42. The molecule has 0 aromatic heterocycles. The third-order valence-electron chi connectivity index (χ3n) is 3.03. The van der Waals surface area contributed by atoms with Gasteiger partial charge in [-0.1, -0.05) is 12.1 Å². The van der Waals surface area contributed by atoms with Crippen molar-refractivity contribution in [2.45, 2.75) is 6.92 Å². The maximum absolute atomic E-state index is 12.6. The van der Waals surface area contributed by atoms with Crippen molar-refractivity contribution in [3.8, 4) is 5.75 Å². The molecule has 0 radical (unpaired) electrons. The van der Waals surface area contributed by atoms with Crippen molar-refractivity contribution in [3.05, 3.63) is 56.7 Å². The van der Waals surface area contributed by atoms with Gasteiger partial charge < -0.3 is 10.5 Å². The third kappa shape index (κ3) is 2.73. The summed E-state index contributed by atoms with van der Waals surface area (Å²) in [6, 6.07) is 10.9. The molecule has 0 aliphatic carbocycles. The highest BCUT2D eigenvalue weighted by atomic mass is 127. The predicted molar refractivity (Wildman–Crippen MR) is 84.7 cm³/mol. The Morgan fingerprint density at radius 1 is 1.21 bits per heavy atom. The maximum atomic E-state index is 12.6. The van der Waals surface area contributed by atoms with Crippen LogP contribution in [-0.4, -0.2) is 12.9 Å². The lowest BCUT2D eigenvalue weighted by Gasteiger charge is -2.11. The number of ether oxygens (including phenoxy) is 1. The minimum absolute atomic E-state index is 0.0693. The van der Waals surface area contributed by atoms with Gasteiger partial charge in [0.25, 0.3) is 0 Å². The first kappa shape index (κ1) is 13.9. The van der Waals surface area contributed by atoms with Gasteiger partial charge in [-0.2, -0.15) is 0 Å². The molecule has 98 valence electrons. The lowest BCUT2D eigenvalue weighted by atomic mass is 9.97. The van der Waals surface area contributed by atoms with Crippen molar-refractivity contribution in [1.29, 1.82) is 0 Å². The number of rotatable bonds is 3. The molecule has 0 aliphatic heterocycles. The Balaban J connectivity index is 2.56. The van der Waals surface area contributed by atoms with E-state index < -0.39 is 0 Å². The Labute approximate surface area is 125 Å². The average molecular weight is 367 g/mol. The van der Waals surface area contributed by atoms with Gasteiger partial charge in [-0.15, -0.1) is 0 Å². The minimum atomic E-state index is -0.0693. The van der Waals surface area contributed by atoms with E-state index in [9.17, 15) is 4.79 Å². The largest absolute Gasteiger partial charge is 0.496 e. The van der Waals surface area contributed by atoms with Crippen molar-refractivity contribution < 1.29 is 9.53 Å². The van der Waals surface area contributed by atoms with Crippen LogP contribution < -0.4 is 10.5 Å². The number of halogens is 1. The molecule has 0 atom stereocenters. The molecule has 19 heavy (non-hydrogen) atoms. The Bertz CT molecular complexity index is 638. The van der Waals surface area contributed by atoms with Crippen molar-refractivity contribution in [2.75, 3.05) is 12.8 Å². The zero-order chi connectivity index (χ0) is 14.0. The van der Waals surface area contributed by atoms with Gasteiger partial charge in [-0.25, -0.2) is 0 Å². The first-order valence-electron chi connectivity index (χ1n) is 5.78. The molecule has 0 bridgehead atoms. The molecule has 2 N–H and O–H groups in total. The fourth-order valence-electron chi connectivity index (χ4n) is 1.90. The number of carbonyl (C=O) groups is 1. The molecule has 0 saturated heterocycles. The molecule has 0 heterocycles. The zero-order valence-corrected chi connectivity index (χ0v) is 12.9. The average Bonchev–Trinajstić information content (AvgIpc) is 2.41. The SMILES string of the molecule is COc1ccc(I)cc1C(=O)c1cccc(N)c1C. The van der Waals surface area contributed by atoms with E-state index in [2.05, 4.69) is 22.6 Å². The van der Waals surface area contributed by atoms with Crippen molar-refractivity contribution in [3.63, 3.8) is 0 Å². The highest BCUT2D eigenvalue weighted by Crippen LogP contribution is 2.26. The number of nitrogens with two attached hydrogens (primary N) is 1. The summed E-state index contributed by atoms with van der Waals surface area (Å²) >= 11 is 2.17. The number of nitrogen functional groups attached to an aromatic ring is 1. The summed E-state index contributed by atoms with van der Waals surface area (Å²) in [6.45, 7) is 1.85. The zero-order valence-electron chi connectivity index (χ0n) is 10.7. The van der Waals surface area contributed by atoms with Crippen LogP contribution in [0, 0.1) is 10.5 Å². The highest BCUT2D eigenvalue weighted by Gasteiger charge is 2.17. The molecule has 0 unspecified atom stereocenters. The summed E-state index contributed by atoms with van der Waals surface area (Å²) in [4.78, 5) is 12.6. The summed E-state index contributed by atoms with van der Waals surface area (Å²) in [7, 11) is 1.56. The second-order valence-electron chi connectivity index (χ2n) is 4.19. The maximum Gasteiger partial charge on any atom is 0.197 e. The van der Waals surface area contributed by atoms with Crippen molar-refractivity contribution in [1.82, 2.24) is 0 Å². The lowest BCUT2D eigenvalue weighted by molar-refractivity contribution is 0.103. The van der Waals surface area contributed by atoms with Crippen LogP contribution in [0.1, 0.15) is 21.5 Å². The Hall–Kier alpha value is -1.56. The van der Waals surface area contributed by atoms with Crippen LogP contribution in [0.4, 0.5) is 5.69 Å². The van der Waals surface area contributed by atoms with E-state index in [1.807, 2.05) is 19.1 Å². The molecule has 0 spiro atoms. The Morgan fingerprint density at radius 3 is 2.63 bits per heavy atom. The van der Waals surface area contributed by atoms with Crippen LogP contribution in [0.3, 0.4) is 0 Å². The minimum Gasteiger partial charge on any atom is -0.496 e. The molecule has 0 fully saturated rings. The highest BCUT2D eigenvalue weighted by molar-refractivity contribution is 14.1. The van der Waals surface area contributed by atoms with E-state index in [1.165, 1.54) is 0 Å². The number of methoxy groups -OCH3 is 1. The molecule has 2 aromatic carbocycles. The molecule has 2 rings (SSSR count). The lowest BCUT2D eigenvalue weighted by Crippen LogP contribution is -2.07. The normalized spacial score (nSPS) is 10.3. The van der Waals surface area contributed by atoms with Crippen LogP contribution in [0.2, 0.25) is 0 Å². The fraction of sp³-hybridized carbons (Fsp3) is 0.133. The first-order valence-corrected chi connectivity index (χ1v) is 6.85. The molecule has 4 heteroatoms. The smallest absolute Gasteiger partial charge is 0.197 e. The molecular formula is C15H14INO2. The Morgan fingerprint density at radius 2 is 1.95 bits per heavy atom. The Kier molecular flexibility index (Phi) is 4.09. The van der Waals surface area contributed by atoms with E-state index >= 15 is 0 Å². The van der Waals surface area contributed by atoms with Crippen LogP contribution >= 0.6 is 22.6 Å². The number of benzene rings is 2. The quantitative estimate of drug-likeness (QED) is 0.514. The van der Waals surface area contributed by atoms with Crippen molar-refractivity contribution in [2.24, 2.45) is 0 Å². The van der Waals surface area contributed by atoms with Gasteiger partial charge in [0.15, 0.2) is 5.78 Å². The van der Waals surface area contributed by atoms with Gasteiger partial charge >= 0.3 is 0 Å². The van der Waals surface area contributed by atoms with Crippen LogP contribution in [0.15, 0.2) is 36.4 Å². The van der Waals surface area contributed by atoms with E-state index in [1.54, 1.807) is 31.4 Å². The third-order valence-corrected chi connectivity index (χ3v) is 3.70. The number of carbonyl (C=O) groups excluding carboxylic acids is 1. The van der Waals surface area contributed by atoms with Crippen LogP contribution in [0.25, 0.3) is 0 Å². The summed E-state index contributed by atoms with van der Waals surface area (Å²) < 4.78 is 6.25. The summed E-state index contributed by atoms with van der Waals surface area (Å²) in [5.74, 6) is 0.507. The molecule has 0 amide bonds. The van der Waals surface area contributed by atoms with Crippen LogP contribution in [0.5, 0.6) is 5.75 Å². The number of hydrogen-bond acceptors (Lipinski definition) is 3. The van der Waals surface area contributed by atoms with Gasteiger partial charge in [0, 0.05) is 14.8 Å². The second kappa shape index (κ2) is 5.61. The topological polar surface area (TPSA) is 52.3 Å². The monoisotopic (exact) mass is 367 g/mol. The van der Waals surface area contributed by atoms with E-state index in [0.29, 0.717) is 22.6 Å². The standard InChI is InChI=1S/C15H14INO2/c1-9-11(4-3-5-13(9)17)15(18)12-8-10(16)6-7-14(12)19-2/h3-8H,17H2,1-2H3. The molecule has 3 nitrogen and oxygen atoms in total. The van der Waals surface area contributed by atoms with Gasteiger partial charge in [0.05, 0.1) is 12.7 Å². The molecular weight excluding hydrogens is 353 g/mol. The number of ketones is 1. The van der Waals surface area contributed by atoms with Crippen LogP contribution in [-0.2, 0) is 0 Å². The second-order valence-corrected chi connectivity index (χ2v) is 5.44. The van der Waals surface area contributed by atoms with E-state index in [4.69, 9.17) is 10.5 Å². The summed E-state index contributed by atoms with van der Waals surface area (Å²) in [5.41, 5.74) is 8.44. The molecule has 0 saturated carbocycles. The molecule has 0 aliphatic rings. The van der Waals surface area contributed by atoms with Gasteiger partial charge in [0.2, 0.25) is 0 Å². The van der Waals surface area contributed by atoms with E-state index in [-0.39, 0.29) is 5.78 Å². The molecule has 2 aromatic rings. The number of anilines is 1. The van der Waals surface area contributed by atoms with Gasteiger partial charge in [-0.3, -0.25) is 4.79 Å². The number of hydrogen-bond donors (Lipinski definition) is 1.